The average Bonchev–Trinajstić information content (AvgIpc) is 2.28. The van der Waals surface area contributed by atoms with Crippen LogP contribution < -0.4 is 0 Å². The van der Waals surface area contributed by atoms with Crippen molar-refractivity contribution in [3.8, 4) is 11.1 Å². The molecule has 1 heterocycles. The summed E-state index contributed by atoms with van der Waals surface area (Å²) in [7, 11) is 0. The van der Waals surface area contributed by atoms with Gasteiger partial charge in [-0.25, -0.2) is 13.6 Å². The van der Waals surface area contributed by atoms with E-state index in [1.165, 1.54) is 12.3 Å². The number of aromatic nitrogens is 1. The molecule has 86 valence electrons. The molecule has 1 aromatic carbocycles. The number of pyridine rings is 1. The Morgan fingerprint density at radius 1 is 1.00 bits per heavy atom. The van der Waals surface area contributed by atoms with Gasteiger partial charge < -0.3 is 5.11 Å². The van der Waals surface area contributed by atoms with Crippen molar-refractivity contribution >= 4 is 5.97 Å². The average molecular weight is 235 g/mol. The van der Waals surface area contributed by atoms with Crippen molar-refractivity contribution in [3.05, 3.63) is 53.9 Å². The standard InChI is InChI=1S/C12H7F2NO2/c13-10-2-7(1-8(3-10)12(16)17)9-4-11(14)6-15-5-9/h1-6H,(H,16,17). The number of carbonyl (C=O) groups is 1. The fraction of sp³-hybridized carbons (Fsp3) is 0. The highest BCUT2D eigenvalue weighted by Gasteiger charge is 2.09. The van der Waals surface area contributed by atoms with E-state index in [9.17, 15) is 13.6 Å². The maximum atomic E-state index is 13.2. The van der Waals surface area contributed by atoms with Crippen molar-refractivity contribution in [1.82, 2.24) is 4.98 Å². The van der Waals surface area contributed by atoms with E-state index in [-0.39, 0.29) is 11.1 Å². The van der Waals surface area contributed by atoms with Gasteiger partial charge in [-0.05, 0) is 29.8 Å². The summed E-state index contributed by atoms with van der Waals surface area (Å²) in [5, 5.41) is 8.78. The predicted molar refractivity (Wildman–Crippen MR) is 56.5 cm³/mol. The molecule has 0 amide bonds. The van der Waals surface area contributed by atoms with Crippen LogP contribution in [0.3, 0.4) is 0 Å². The van der Waals surface area contributed by atoms with E-state index in [0.29, 0.717) is 5.56 Å². The largest absolute Gasteiger partial charge is 0.478 e. The highest BCUT2D eigenvalue weighted by molar-refractivity contribution is 5.89. The Hall–Kier alpha value is -2.30. The van der Waals surface area contributed by atoms with E-state index in [1.807, 2.05) is 0 Å². The lowest BCUT2D eigenvalue weighted by Crippen LogP contribution is -1.97. The second-order valence-electron chi connectivity index (χ2n) is 3.43. The maximum absolute atomic E-state index is 13.2. The second-order valence-corrected chi connectivity index (χ2v) is 3.43. The van der Waals surface area contributed by atoms with Crippen LogP contribution in [0, 0.1) is 11.6 Å². The number of nitrogens with zero attached hydrogens (tertiary/aromatic N) is 1. The number of rotatable bonds is 2. The summed E-state index contributed by atoms with van der Waals surface area (Å²) in [6, 6.07) is 4.46. The van der Waals surface area contributed by atoms with Crippen LogP contribution in [0.25, 0.3) is 11.1 Å². The van der Waals surface area contributed by atoms with Crippen molar-refractivity contribution in [3.63, 3.8) is 0 Å². The van der Waals surface area contributed by atoms with E-state index in [2.05, 4.69) is 4.98 Å². The van der Waals surface area contributed by atoms with Gasteiger partial charge in [0.25, 0.3) is 0 Å². The Morgan fingerprint density at radius 2 is 1.71 bits per heavy atom. The Balaban J connectivity index is 2.56. The zero-order valence-corrected chi connectivity index (χ0v) is 8.52. The van der Waals surface area contributed by atoms with Crippen LogP contribution in [0.4, 0.5) is 8.78 Å². The minimum absolute atomic E-state index is 0.190. The van der Waals surface area contributed by atoms with Gasteiger partial charge >= 0.3 is 5.97 Å². The molecule has 2 aromatic rings. The van der Waals surface area contributed by atoms with E-state index in [1.54, 1.807) is 0 Å². The number of benzene rings is 1. The third-order valence-corrected chi connectivity index (χ3v) is 2.18. The molecule has 0 saturated heterocycles. The summed E-state index contributed by atoms with van der Waals surface area (Å²) in [5.74, 6) is -2.50. The molecule has 3 nitrogen and oxygen atoms in total. The topological polar surface area (TPSA) is 50.2 Å². The Kier molecular flexibility index (Phi) is 2.82. The fourth-order valence-corrected chi connectivity index (χ4v) is 1.45. The summed E-state index contributed by atoms with van der Waals surface area (Å²) >= 11 is 0. The van der Waals surface area contributed by atoms with E-state index < -0.39 is 17.6 Å². The lowest BCUT2D eigenvalue weighted by atomic mass is 10.0. The smallest absolute Gasteiger partial charge is 0.335 e. The number of hydrogen-bond acceptors (Lipinski definition) is 2. The van der Waals surface area contributed by atoms with Crippen molar-refractivity contribution < 1.29 is 18.7 Å². The highest BCUT2D eigenvalue weighted by Crippen LogP contribution is 2.22. The minimum atomic E-state index is -1.24. The summed E-state index contributed by atoms with van der Waals surface area (Å²) < 4.78 is 26.1. The molecule has 0 atom stereocenters. The summed E-state index contributed by atoms with van der Waals surface area (Å²) in [6.45, 7) is 0. The normalized spacial score (nSPS) is 10.2. The molecular formula is C12H7F2NO2. The first kappa shape index (κ1) is 11.2. The second kappa shape index (κ2) is 4.29. The molecule has 0 bridgehead atoms. The molecule has 17 heavy (non-hydrogen) atoms. The molecule has 1 N–H and O–H groups in total. The van der Waals surface area contributed by atoms with E-state index >= 15 is 0 Å². The molecule has 0 aliphatic rings. The van der Waals surface area contributed by atoms with Crippen LogP contribution in [0.5, 0.6) is 0 Å². The molecule has 5 heteroatoms. The van der Waals surface area contributed by atoms with Crippen LogP contribution in [0.2, 0.25) is 0 Å². The number of aromatic carboxylic acids is 1. The van der Waals surface area contributed by atoms with Crippen LogP contribution in [0.15, 0.2) is 36.7 Å². The zero-order chi connectivity index (χ0) is 12.4. The van der Waals surface area contributed by atoms with Gasteiger partial charge in [-0.15, -0.1) is 0 Å². The third-order valence-electron chi connectivity index (χ3n) is 2.18. The minimum Gasteiger partial charge on any atom is -0.478 e. The molecule has 0 saturated carbocycles. The molecule has 1 aromatic heterocycles. The summed E-state index contributed by atoms with van der Waals surface area (Å²) in [4.78, 5) is 14.4. The van der Waals surface area contributed by atoms with Gasteiger partial charge in [0.1, 0.15) is 11.6 Å². The van der Waals surface area contributed by atoms with Gasteiger partial charge in [-0.2, -0.15) is 0 Å². The molecule has 2 rings (SSSR count). The Bertz CT molecular complexity index is 584. The van der Waals surface area contributed by atoms with Gasteiger partial charge in [-0.3, -0.25) is 4.98 Å². The van der Waals surface area contributed by atoms with Crippen LogP contribution in [0.1, 0.15) is 10.4 Å². The van der Waals surface area contributed by atoms with Gasteiger partial charge in [0.2, 0.25) is 0 Å². The molecule has 0 aliphatic heterocycles. The van der Waals surface area contributed by atoms with Crippen molar-refractivity contribution in [2.24, 2.45) is 0 Å². The number of carboxylic acids is 1. The van der Waals surface area contributed by atoms with Gasteiger partial charge in [0.05, 0.1) is 11.8 Å². The van der Waals surface area contributed by atoms with Gasteiger partial charge in [-0.1, -0.05) is 0 Å². The lowest BCUT2D eigenvalue weighted by Gasteiger charge is -2.03. The quantitative estimate of drug-likeness (QED) is 0.870. The SMILES string of the molecule is O=C(O)c1cc(F)cc(-c2cncc(F)c2)c1. The monoisotopic (exact) mass is 235 g/mol. The molecule has 0 fully saturated rings. The molecule has 0 unspecified atom stereocenters. The maximum Gasteiger partial charge on any atom is 0.335 e. The summed E-state index contributed by atoms with van der Waals surface area (Å²) in [6.07, 6.45) is 2.35. The van der Waals surface area contributed by atoms with Crippen molar-refractivity contribution in [1.29, 1.82) is 0 Å². The van der Waals surface area contributed by atoms with Crippen LogP contribution >= 0.6 is 0 Å². The Morgan fingerprint density at radius 3 is 2.35 bits per heavy atom. The molecular weight excluding hydrogens is 228 g/mol. The van der Waals surface area contributed by atoms with E-state index in [4.69, 9.17) is 5.11 Å². The Labute approximate surface area is 95.4 Å². The zero-order valence-electron chi connectivity index (χ0n) is 8.52. The first-order valence-corrected chi connectivity index (χ1v) is 4.71. The first-order chi connectivity index (χ1) is 8.06. The molecule has 0 aliphatic carbocycles. The fourth-order valence-electron chi connectivity index (χ4n) is 1.45. The molecule has 0 radical (unpaired) electrons. The van der Waals surface area contributed by atoms with E-state index in [0.717, 1.165) is 24.4 Å². The van der Waals surface area contributed by atoms with Crippen molar-refractivity contribution in [2.45, 2.75) is 0 Å². The number of halogens is 2. The van der Waals surface area contributed by atoms with Crippen molar-refractivity contribution in [2.75, 3.05) is 0 Å². The molecule has 0 spiro atoms. The van der Waals surface area contributed by atoms with Crippen LogP contribution in [-0.4, -0.2) is 16.1 Å². The van der Waals surface area contributed by atoms with Gasteiger partial charge in [0.15, 0.2) is 0 Å². The van der Waals surface area contributed by atoms with Crippen LogP contribution in [-0.2, 0) is 0 Å². The van der Waals surface area contributed by atoms with Gasteiger partial charge in [0, 0.05) is 11.8 Å². The third kappa shape index (κ3) is 2.44. The number of carboxylic acid groups (broad SMARTS) is 1. The summed E-state index contributed by atoms with van der Waals surface area (Å²) in [5.41, 5.74) is 0.408. The lowest BCUT2D eigenvalue weighted by molar-refractivity contribution is 0.0696. The highest BCUT2D eigenvalue weighted by atomic mass is 19.1. The number of hydrogen-bond donors (Lipinski definition) is 1. The predicted octanol–water partition coefficient (Wildman–Crippen LogP) is 2.73. The first-order valence-electron chi connectivity index (χ1n) is 4.71.